The third-order valence-electron chi connectivity index (χ3n) is 7.71. The lowest BCUT2D eigenvalue weighted by molar-refractivity contribution is 0.0929. The highest BCUT2D eigenvalue weighted by atomic mass is 19.1. The zero-order valence-corrected chi connectivity index (χ0v) is 18.2. The van der Waals surface area contributed by atoms with Gasteiger partial charge in [-0.2, -0.15) is 5.26 Å². The molecule has 3 saturated carbocycles. The minimum Gasteiger partial charge on any atom is -0.366 e. The molecule has 0 aliphatic heterocycles. The Morgan fingerprint density at radius 3 is 2.58 bits per heavy atom. The van der Waals surface area contributed by atoms with Crippen molar-refractivity contribution >= 4 is 27.6 Å². The number of anilines is 1. The normalized spacial score (nSPS) is 24.3. The van der Waals surface area contributed by atoms with Crippen molar-refractivity contribution in [3.63, 3.8) is 0 Å². The minimum absolute atomic E-state index is 0.225. The molecule has 4 aromatic rings. The summed E-state index contributed by atoms with van der Waals surface area (Å²) < 4.78 is 28.3. The molecule has 2 N–H and O–H groups in total. The lowest BCUT2D eigenvalue weighted by Crippen LogP contribution is -2.47. The van der Waals surface area contributed by atoms with Crippen LogP contribution in [0.3, 0.4) is 0 Å². The number of rotatable bonds is 3. The van der Waals surface area contributed by atoms with Crippen LogP contribution in [0.5, 0.6) is 0 Å². The molecule has 0 amide bonds. The van der Waals surface area contributed by atoms with E-state index < -0.39 is 11.6 Å². The van der Waals surface area contributed by atoms with Crippen LogP contribution in [0, 0.1) is 40.7 Å². The van der Waals surface area contributed by atoms with Gasteiger partial charge in [0.05, 0.1) is 22.7 Å². The SMILES string of the molecule is C[C@H]1C2CCC(CC2)[C@@H]1Nc1nc(-c2c[nH]c3c(F)cc(F)cc23)nc2ccc(C#N)cc12. The number of aromatic amines is 1. The maximum Gasteiger partial charge on any atom is 0.164 e. The van der Waals surface area contributed by atoms with E-state index in [2.05, 4.69) is 23.3 Å². The zero-order chi connectivity index (χ0) is 22.7. The van der Waals surface area contributed by atoms with Gasteiger partial charge in [0.1, 0.15) is 17.5 Å². The summed E-state index contributed by atoms with van der Waals surface area (Å²) in [5, 5.41) is 14.3. The van der Waals surface area contributed by atoms with E-state index in [0.717, 1.165) is 11.5 Å². The van der Waals surface area contributed by atoms with Gasteiger partial charge in [0.25, 0.3) is 0 Å². The molecule has 7 heteroatoms. The van der Waals surface area contributed by atoms with Gasteiger partial charge in [0, 0.05) is 34.6 Å². The molecule has 166 valence electrons. The Bertz CT molecular complexity index is 1430. The Morgan fingerprint density at radius 1 is 1.03 bits per heavy atom. The minimum atomic E-state index is -0.652. The first-order valence-corrected chi connectivity index (χ1v) is 11.5. The Labute approximate surface area is 189 Å². The van der Waals surface area contributed by atoms with E-state index in [4.69, 9.17) is 9.97 Å². The number of H-pyrrole nitrogens is 1. The van der Waals surface area contributed by atoms with Crippen molar-refractivity contribution in [3.8, 4) is 17.5 Å². The second-order valence-corrected chi connectivity index (χ2v) is 9.46. The smallest absolute Gasteiger partial charge is 0.164 e. The number of hydrogen-bond acceptors (Lipinski definition) is 4. The van der Waals surface area contributed by atoms with E-state index >= 15 is 0 Å². The predicted octanol–water partition coefficient (Wildman–Crippen LogP) is 6.16. The van der Waals surface area contributed by atoms with Crippen LogP contribution >= 0.6 is 0 Å². The lowest BCUT2D eigenvalue weighted by Gasteiger charge is -2.47. The van der Waals surface area contributed by atoms with Gasteiger partial charge in [-0.3, -0.25) is 0 Å². The monoisotopic (exact) mass is 443 g/mol. The molecule has 0 radical (unpaired) electrons. The van der Waals surface area contributed by atoms with Crippen LogP contribution in [0.4, 0.5) is 14.6 Å². The largest absolute Gasteiger partial charge is 0.366 e. The molecule has 3 fully saturated rings. The number of hydrogen-bond donors (Lipinski definition) is 2. The molecule has 0 unspecified atom stereocenters. The standard InChI is InChI=1S/C26H23F2N5/c1-13-15-3-5-16(6-4-15)23(13)32-25-19-8-14(11-29)2-7-22(19)31-26(33-25)20-12-30-24-18(20)9-17(27)10-21(24)28/h2,7-10,12-13,15-16,23,30H,3-6H2,1H3,(H,31,32,33)/t13-,15?,16?,23+/m0/s1. The molecule has 2 heterocycles. The summed E-state index contributed by atoms with van der Waals surface area (Å²) in [5.74, 6) is 1.60. The van der Waals surface area contributed by atoms with Gasteiger partial charge in [-0.1, -0.05) is 6.92 Å². The highest BCUT2D eigenvalue weighted by Crippen LogP contribution is 2.46. The molecule has 2 aromatic carbocycles. The highest BCUT2D eigenvalue weighted by molar-refractivity contribution is 5.97. The third kappa shape index (κ3) is 3.24. The van der Waals surface area contributed by atoms with Crippen LogP contribution in [0.25, 0.3) is 33.2 Å². The zero-order valence-electron chi connectivity index (χ0n) is 18.2. The quantitative estimate of drug-likeness (QED) is 0.397. The number of nitrogens with zero attached hydrogens (tertiary/aromatic N) is 3. The van der Waals surface area contributed by atoms with Crippen LogP contribution in [0.1, 0.15) is 38.2 Å². The number of halogens is 2. The Hall–Kier alpha value is -3.53. The van der Waals surface area contributed by atoms with Crippen molar-refractivity contribution in [3.05, 3.63) is 53.7 Å². The van der Waals surface area contributed by atoms with Crippen LogP contribution < -0.4 is 5.32 Å². The molecule has 0 spiro atoms. The summed E-state index contributed by atoms with van der Waals surface area (Å²) >= 11 is 0. The number of aromatic nitrogens is 3. The van der Waals surface area contributed by atoms with Crippen LogP contribution in [0.15, 0.2) is 36.5 Å². The first-order chi connectivity index (χ1) is 16.0. The maximum absolute atomic E-state index is 14.3. The van der Waals surface area contributed by atoms with Crippen LogP contribution in [-0.2, 0) is 0 Å². The van der Waals surface area contributed by atoms with Crippen molar-refractivity contribution in [1.82, 2.24) is 15.0 Å². The first-order valence-electron chi connectivity index (χ1n) is 11.5. The Kier molecular flexibility index (Phi) is 4.58. The van der Waals surface area contributed by atoms with Crippen molar-refractivity contribution in [2.24, 2.45) is 17.8 Å². The van der Waals surface area contributed by atoms with Gasteiger partial charge >= 0.3 is 0 Å². The topological polar surface area (TPSA) is 77.4 Å². The molecule has 2 atom stereocenters. The van der Waals surface area contributed by atoms with E-state index in [1.807, 2.05) is 6.07 Å². The van der Waals surface area contributed by atoms with Gasteiger partial charge in [-0.25, -0.2) is 18.7 Å². The first kappa shape index (κ1) is 20.1. The number of fused-ring (bicyclic) bond motifs is 5. The third-order valence-corrected chi connectivity index (χ3v) is 7.71. The van der Waals surface area contributed by atoms with Gasteiger partial charge in [0.2, 0.25) is 0 Å². The van der Waals surface area contributed by atoms with Crippen molar-refractivity contribution in [2.75, 3.05) is 5.32 Å². The Balaban J connectivity index is 1.52. The highest BCUT2D eigenvalue weighted by Gasteiger charge is 2.41. The van der Waals surface area contributed by atoms with Crippen molar-refractivity contribution in [1.29, 1.82) is 5.26 Å². The van der Waals surface area contributed by atoms with Crippen LogP contribution in [-0.4, -0.2) is 21.0 Å². The van der Waals surface area contributed by atoms with Gasteiger partial charge in [0.15, 0.2) is 5.82 Å². The molecule has 0 saturated heterocycles. The molecule has 2 bridgehead atoms. The molecule has 3 aliphatic carbocycles. The fraction of sp³-hybridized carbons (Fsp3) is 0.346. The van der Waals surface area contributed by atoms with Crippen molar-refractivity contribution in [2.45, 2.75) is 38.6 Å². The summed E-state index contributed by atoms with van der Waals surface area (Å²) in [6.07, 6.45) is 6.61. The molecule has 2 aromatic heterocycles. The average Bonchev–Trinajstić information content (AvgIpc) is 3.25. The molecule has 33 heavy (non-hydrogen) atoms. The average molecular weight is 444 g/mol. The Morgan fingerprint density at radius 2 is 1.82 bits per heavy atom. The number of benzene rings is 2. The number of nitriles is 1. The maximum atomic E-state index is 14.3. The number of nitrogens with one attached hydrogen (secondary N) is 2. The molecule has 5 nitrogen and oxygen atoms in total. The van der Waals surface area contributed by atoms with E-state index in [9.17, 15) is 14.0 Å². The fourth-order valence-corrected chi connectivity index (χ4v) is 5.93. The summed E-state index contributed by atoms with van der Waals surface area (Å²) in [6, 6.07) is 9.98. The van der Waals surface area contributed by atoms with Crippen molar-refractivity contribution < 1.29 is 8.78 Å². The van der Waals surface area contributed by atoms with E-state index in [0.29, 0.717) is 57.5 Å². The lowest BCUT2D eigenvalue weighted by atomic mass is 9.62. The second kappa shape index (κ2) is 7.51. The summed E-state index contributed by atoms with van der Waals surface area (Å²) in [5.41, 5.74) is 1.98. The molecular formula is C26H23F2N5. The van der Waals surface area contributed by atoms with E-state index in [1.54, 1.807) is 18.3 Å². The van der Waals surface area contributed by atoms with Crippen LogP contribution in [0.2, 0.25) is 0 Å². The second-order valence-electron chi connectivity index (χ2n) is 9.46. The summed E-state index contributed by atoms with van der Waals surface area (Å²) in [6.45, 7) is 2.31. The van der Waals surface area contributed by atoms with E-state index in [1.165, 1.54) is 31.7 Å². The molecule has 7 rings (SSSR count). The summed E-state index contributed by atoms with van der Waals surface area (Å²) in [7, 11) is 0. The molecule has 3 aliphatic rings. The van der Waals surface area contributed by atoms with Gasteiger partial charge < -0.3 is 10.3 Å². The van der Waals surface area contributed by atoms with Gasteiger partial charge in [-0.05, 0) is 67.7 Å². The predicted molar refractivity (Wildman–Crippen MR) is 123 cm³/mol. The summed E-state index contributed by atoms with van der Waals surface area (Å²) in [4.78, 5) is 12.4. The fourth-order valence-electron chi connectivity index (χ4n) is 5.93. The van der Waals surface area contributed by atoms with E-state index in [-0.39, 0.29) is 5.52 Å². The molecular weight excluding hydrogens is 420 g/mol. The van der Waals surface area contributed by atoms with Gasteiger partial charge in [-0.15, -0.1) is 0 Å².